The van der Waals surface area contributed by atoms with Crippen LogP contribution < -0.4 is 5.73 Å². The fourth-order valence-electron chi connectivity index (χ4n) is 2.66. The lowest BCUT2D eigenvalue weighted by Gasteiger charge is -2.15. The van der Waals surface area contributed by atoms with E-state index < -0.39 is 0 Å². The van der Waals surface area contributed by atoms with E-state index in [1.807, 2.05) is 0 Å². The summed E-state index contributed by atoms with van der Waals surface area (Å²) in [5.41, 5.74) is 8.55. The van der Waals surface area contributed by atoms with Gasteiger partial charge in [-0.25, -0.2) is 9.97 Å². The monoisotopic (exact) mass is 233 g/mol. The van der Waals surface area contributed by atoms with E-state index in [2.05, 4.69) is 18.8 Å². The molecular formula is C14H23N3. The molecule has 0 unspecified atom stereocenters. The number of nitrogens with zero attached hydrogens (tertiary/aromatic N) is 2. The number of hydrogen-bond donors (Lipinski definition) is 1. The van der Waals surface area contributed by atoms with E-state index in [-0.39, 0.29) is 0 Å². The minimum atomic E-state index is 0.464. The summed E-state index contributed by atoms with van der Waals surface area (Å²) >= 11 is 0. The van der Waals surface area contributed by atoms with Crippen LogP contribution in [0.3, 0.4) is 0 Å². The predicted octanol–water partition coefficient (Wildman–Crippen LogP) is 3.23. The van der Waals surface area contributed by atoms with E-state index in [0.717, 1.165) is 37.3 Å². The van der Waals surface area contributed by atoms with E-state index in [9.17, 15) is 0 Å². The van der Waals surface area contributed by atoms with Crippen molar-refractivity contribution in [3.8, 4) is 0 Å². The first-order valence-electron chi connectivity index (χ1n) is 6.91. The Bertz CT molecular complexity index is 383. The second kappa shape index (κ2) is 5.48. The summed E-state index contributed by atoms with van der Waals surface area (Å²) in [5.74, 6) is 2.16. The first-order chi connectivity index (χ1) is 8.26. The van der Waals surface area contributed by atoms with Crippen molar-refractivity contribution in [2.75, 3.05) is 5.73 Å². The van der Waals surface area contributed by atoms with Gasteiger partial charge in [0.15, 0.2) is 0 Å². The van der Waals surface area contributed by atoms with Gasteiger partial charge in [0.25, 0.3) is 0 Å². The van der Waals surface area contributed by atoms with E-state index in [0.29, 0.717) is 5.92 Å². The fraction of sp³-hybridized carbons (Fsp3) is 0.714. The third-order valence-corrected chi connectivity index (χ3v) is 3.83. The van der Waals surface area contributed by atoms with E-state index in [1.54, 1.807) is 0 Å². The molecule has 0 aromatic carbocycles. The Balaban J connectivity index is 2.38. The first-order valence-corrected chi connectivity index (χ1v) is 6.91. The van der Waals surface area contributed by atoms with Gasteiger partial charge in [0, 0.05) is 17.2 Å². The van der Waals surface area contributed by atoms with Gasteiger partial charge >= 0.3 is 0 Å². The Hall–Kier alpha value is -1.12. The maximum Gasteiger partial charge on any atom is 0.134 e. The summed E-state index contributed by atoms with van der Waals surface area (Å²) in [6, 6.07) is 0. The van der Waals surface area contributed by atoms with Crippen LogP contribution in [-0.4, -0.2) is 9.97 Å². The molecule has 1 aromatic rings. The molecule has 0 saturated heterocycles. The molecule has 94 valence electrons. The average Bonchev–Trinajstić information content (AvgIpc) is 2.56. The lowest BCUT2D eigenvalue weighted by molar-refractivity contribution is 0.596. The summed E-state index contributed by atoms with van der Waals surface area (Å²) in [5, 5.41) is 0. The molecule has 0 aliphatic heterocycles. The Morgan fingerprint density at radius 1 is 1.06 bits per heavy atom. The SMILES string of the molecule is CCC(CC)c1nc(N)c2c(n1)CCCCC2. The number of rotatable bonds is 3. The van der Waals surface area contributed by atoms with Crippen molar-refractivity contribution in [1.82, 2.24) is 9.97 Å². The predicted molar refractivity (Wildman–Crippen MR) is 71.0 cm³/mol. The summed E-state index contributed by atoms with van der Waals surface area (Å²) in [4.78, 5) is 9.32. The zero-order valence-electron chi connectivity index (χ0n) is 11.0. The molecule has 2 N–H and O–H groups in total. The van der Waals surface area contributed by atoms with Crippen LogP contribution in [0.25, 0.3) is 0 Å². The third-order valence-electron chi connectivity index (χ3n) is 3.83. The number of hydrogen-bond acceptors (Lipinski definition) is 3. The summed E-state index contributed by atoms with van der Waals surface area (Å²) in [7, 11) is 0. The summed E-state index contributed by atoms with van der Waals surface area (Å²) < 4.78 is 0. The molecule has 1 heterocycles. The largest absolute Gasteiger partial charge is 0.383 e. The number of fused-ring (bicyclic) bond motifs is 1. The topological polar surface area (TPSA) is 51.8 Å². The van der Waals surface area contributed by atoms with Gasteiger partial charge in [-0.3, -0.25) is 0 Å². The normalized spacial score (nSPS) is 15.7. The molecule has 0 amide bonds. The van der Waals surface area contributed by atoms with Gasteiger partial charge in [-0.1, -0.05) is 20.3 Å². The number of aromatic nitrogens is 2. The lowest BCUT2D eigenvalue weighted by Crippen LogP contribution is -2.11. The van der Waals surface area contributed by atoms with Gasteiger partial charge < -0.3 is 5.73 Å². The van der Waals surface area contributed by atoms with E-state index in [4.69, 9.17) is 10.7 Å². The molecule has 0 spiro atoms. The lowest BCUT2D eigenvalue weighted by atomic mass is 10.0. The molecule has 0 radical (unpaired) electrons. The minimum Gasteiger partial charge on any atom is -0.383 e. The fourth-order valence-corrected chi connectivity index (χ4v) is 2.66. The van der Waals surface area contributed by atoms with Crippen molar-refractivity contribution in [3.05, 3.63) is 17.1 Å². The van der Waals surface area contributed by atoms with Gasteiger partial charge in [0.2, 0.25) is 0 Å². The smallest absolute Gasteiger partial charge is 0.134 e. The van der Waals surface area contributed by atoms with Crippen molar-refractivity contribution in [3.63, 3.8) is 0 Å². The van der Waals surface area contributed by atoms with Gasteiger partial charge in [0.05, 0.1) is 0 Å². The zero-order chi connectivity index (χ0) is 12.3. The van der Waals surface area contributed by atoms with Crippen LogP contribution in [0.4, 0.5) is 5.82 Å². The highest BCUT2D eigenvalue weighted by molar-refractivity contribution is 5.43. The second-order valence-electron chi connectivity index (χ2n) is 4.97. The molecule has 3 nitrogen and oxygen atoms in total. The van der Waals surface area contributed by atoms with Crippen LogP contribution in [0.5, 0.6) is 0 Å². The van der Waals surface area contributed by atoms with Crippen LogP contribution in [0.2, 0.25) is 0 Å². The van der Waals surface area contributed by atoms with Crippen LogP contribution in [0, 0.1) is 0 Å². The van der Waals surface area contributed by atoms with Crippen molar-refractivity contribution >= 4 is 5.82 Å². The standard InChI is InChI=1S/C14H23N3/c1-3-10(4-2)14-16-12-9-7-5-6-8-11(12)13(15)17-14/h10H,3-9H2,1-2H3,(H2,15,16,17). The van der Waals surface area contributed by atoms with Crippen molar-refractivity contribution < 1.29 is 0 Å². The maximum absolute atomic E-state index is 6.11. The number of anilines is 1. The van der Waals surface area contributed by atoms with Crippen LogP contribution >= 0.6 is 0 Å². The zero-order valence-corrected chi connectivity index (χ0v) is 11.0. The molecule has 2 rings (SSSR count). The maximum atomic E-state index is 6.11. The highest BCUT2D eigenvalue weighted by Crippen LogP contribution is 2.27. The first kappa shape index (κ1) is 12.3. The molecule has 0 atom stereocenters. The molecular weight excluding hydrogens is 210 g/mol. The Kier molecular flexibility index (Phi) is 3.97. The van der Waals surface area contributed by atoms with E-state index >= 15 is 0 Å². The average molecular weight is 233 g/mol. The number of nitrogen functional groups attached to an aromatic ring is 1. The molecule has 0 saturated carbocycles. The van der Waals surface area contributed by atoms with Crippen molar-refractivity contribution in [2.45, 2.75) is 64.7 Å². The Morgan fingerprint density at radius 3 is 2.47 bits per heavy atom. The van der Waals surface area contributed by atoms with Gasteiger partial charge in [-0.2, -0.15) is 0 Å². The molecule has 0 bridgehead atoms. The second-order valence-corrected chi connectivity index (χ2v) is 4.97. The quantitative estimate of drug-likeness (QED) is 0.815. The molecule has 3 heteroatoms. The molecule has 1 aromatic heterocycles. The summed E-state index contributed by atoms with van der Waals surface area (Å²) in [6.45, 7) is 4.39. The van der Waals surface area contributed by atoms with Gasteiger partial charge in [-0.05, 0) is 38.5 Å². The van der Waals surface area contributed by atoms with Crippen LogP contribution in [0.15, 0.2) is 0 Å². The molecule has 1 aliphatic rings. The van der Waals surface area contributed by atoms with Gasteiger partial charge in [0.1, 0.15) is 11.6 Å². The summed E-state index contributed by atoms with van der Waals surface area (Å²) in [6.07, 6.45) is 8.08. The highest BCUT2D eigenvalue weighted by atomic mass is 15.0. The van der Waals surface area contributed by atoms with E-state index in [1.165, 1.54) is 30.5 Å². The highest BCUT2D eigenvalue weighted by Gasteiger charge is 2.18. The minimum absolute atomic E-state index is 0.464. The number of aryl methyl sites for hydroxylation is 1. The molecule has 0 fully saturated rings. The Morgan fingerprint density at radius 2 is 1.76 bits per heavy atom. The van der Waals surface area contributed by atoms with Gasteiger partial charge in [-0.15, -0.1) is 0 Å². The number of nitrogens with two attached hydrogens (primary N) is 1. The third kappa shape index (κ3) is 2.59. The van der Waals surface area contributed by atoms with Crippen LogP contribution in [-0.2, 0) is 12.8 Å². The molecule has 1 aliphatic carbocycles. The molecule has 17 heavy (non-hydrogen) atoms. The van der Waals surface area contributed by atoms with Crippen molar-refractivity contribution in [2.24, 2.45) is 0 Å². The Labute approximate surface area is 104 Å². The van der Waals surface area contributed by atoms with Crippen molar-refractivity contribution in [1.29, 1.82) is 0 Å². The van der Waals surface area contributed by atoms with Crippen LogP contribution in [0.1, 0.15) is 69.0 Å².